The van der Waals surface area contributed by atoms with Crippen molar-refractivity contribution in [3.8, 4) is 6.07 Å². The second-order valence-electron chi connectivity index (χ2n) is 3.99. The normalized spacial score (nSPS) is 10.3. The molecule has 1 rings (SSSR count). The fourth-order valence-electron chi connectivity index (χ4n) is 1.59. The zero-order chi connectivity index (χ0) is 13.4. The Balaban J connectivity index is 2.45. The SMILES string of the molecule is N#Cc1cc(F)c(CNCCCCCO)c(F)c1. The van der Waals surface area contributed by atoms with E-state index < -0.39 is 11.6 Å². The molecule has 5 heteroatoms. The molecule has 98 valence electrons. The van der Waals surface area contributed by atoms with Crippen LogP contribution in [-0.4, -0.2) is 18.3 Å². The summed E-state index contributed by atoms with van der Waals surface area (Å²) < 4.78 is 26.9. The van der Waals surface area contributed by atoms with Gasteiger partial charge in [0, 0.05) is 18.7 Å². The van der Waals surface area contributed by atoms with Crippen LogP contribution in [0.25, 0.3) is 0 Å². The number of benzene rings is 1. The fourth-order valence-corrected chi connectivity index (χ4v) is 1.59. The van der Waals surface area contributed by atoms with Crippen LogP contribution in [0, 0.1) is 23.0 Å². The minimum atomic E-state index is -0.700. The summed E-state index contributed by atoms with van der Waals surface area (Å²) in [6.07, 6.45) is 2.46. The highest BCUT2D eigenvalue weighted by atomic mass is 19.1. The highest BCUT2D eigenvalue weighted by molar-refractivity contribution is 5.34. The minimum absolute atomic E-state index is 0.0169. The predicted octanol–water partition coefficient (Wildman–Crippen LogP) is 2.09. The van der Waals surface area contributed by atoms with Crippen molar-refractivity contribution >= 4 is 0 Å². The number of hydrogen-bond donors (Lipinski definition) is 2. The number of nitrogens with one attached hydrogen (secondary N) is 1. The number of aliphatic hydroxyl groups is 1. The molecule has 0 aliphatic carbocycles. The highest BCUT2D eigenvalue weighted by Crippen LogP contribution is 2.14. The summed E-state index contributed by atoms with van der Waals surface area (Å²) in [5, 5.41) is 20.1. The van der Waals surface area contributed by atoms with Gasteiger partial charge in [0.25, 0.3) is 0 Å². The zero-order valence-electron chi connectivity index (χ0n) is 10.0. The molecule has 0 aliphatic heterocycles. The summed E-state index contributed by atoms with van der Waals surface area (Å²) in [6, 6.07) is 3.77. The Morgan fingerprint density at radius 2 is 1.83 bits per heavy atom. The van der Waals surface area contributed by atoms with Gasteiger partial charge in [-0.3, -0.25) is 0 Å². The second-order valence-corrected chi connectivity index (χ2v) is 3.99. The van der Waals surface area contributed by atoms with Gasteiger partial charge in [0.2, 0.25) is 0 Å². The summed E-state index contributed by atoms with van der Waals surface area (Å²) in [4.78, 5) is 0. The lowest BCUT2D eigenvalue weighted by Gasteiger charge is -2.07. The number of aliphatic hydroxyl groups excluding tert-OH is 1. The molecular weight excluding hydrogens is 238 g/mol. The molecule has 0 aromatic heterocycles. The topological polar surface area (TPSA) is 56.0 Å². The Morgan fingerprint density at radius 3 is 2.39 bits per heavy atom. The van der Waals surface area contributed by atoms with Crippen molar-refractivity contribution in [3.63, 3.8) is 0 Å². The van der Waals surface area contributed by atoms with Gasteiger partial charge in [-0.15, -0.1) is 0 Å². The lowest BCUT2D eigenvalue weighted by atomic mass is 10.1. The van der Waals surface area contributed by atoms with Crippen molar-refractivity contribution in [3.05, 3.63) is 34.9 Å². The number of nitriles is 1. The molecule has 1 aromatic carbocycles. The third-order valence-corrected chi connectivity index (χ3v) is 2.58. The second kappa shape index (κ2) is 7.75. The smallest absolute Gasteiger partial charge is 0.131 e. The molecule has 2 N–H and O–H groups in total. The molecule has 0 radical (unpaired) electrons. The molecule has 1 aromatic rings. The van der Waals surface area contributed by atoms with E-state index in [4.69, 9.17) is 10.4 Å². The summed E-state index contributed by atoms with van der Waals surface area (Å²) >= 11 is 0. The van der Waals surface area contributed by atoms with Gasteiger partial charge < -0.3 is 10.4 Å². The van der Waals surface area contributed by atoms with E-state index >= 15 is 0 Å². The molecule has 18 heavy (non-hydrogen) atoms. The monoisotopic (exact) mass is 254 g/mol. The van der Waals surface area contributed by atoms with Crippen molar-refractivity contribution in [2.24, 2.45) is 0 Å². The maximum atomic E-state index is 13.5. The van der Waals surface area contributed by atoms with Crippen molar-refractivity contribution in [2.75, 3.05) is 13.2 Å². The van der Waals surface area contributed by atoms with Gasteiger partial charge in [-0.25, -0.2) is 8.78 Å². The van der Waals surface area contributed by atoms with Crippen molar-refractivity contribution in [1.82, 2.24) is 5.32 Å². The van der Waals surface area contributed by atoms with Crippen LogP contribution >= 0.6 is 0 Å². The van der Waals surface area contributed by atoms with E-state index in [0.29, 0.717) is 6.54 Å². The van der Waals surface area contributed by atoms with Gasteiger partial charge in [0.15, 0.2) is 0 Å². The molecule has 0 fully saturated rings. The Labute approximate surface area is 105 Å². The Bertz CT molecular complexity index is 406. The van der Waals surface area contributed by atoms with Gasteiger partial charge in [0.05, 0.1) is 11.6 Å². The third-order valence-electron chi connectivity index (χ3n) is 2.58. The van der Waals surface area contributed by atoms with E-state index in [1.807, 2.05) is 0 Å². The summed E-state index contributed by atoms with van der Waals surface area (Å²) in [5.74, 6) is -1.40. The Hall–Kier alpha value is -1.51. The van der Waals surface area contributed by atoms with Gasteiger partial charge in [-0.05, 0) is 37.9 Å². The van der Waals surface area contributed by atoms with Crippen LogP contribution in [-0.2, 0) is 6.54 Å². The van der Waals surface area contributed by atoms with Gasteiger partial charge in [0.1, 0.15) is 11.6 Å². The molecule has 0 spiro atoms. The van der Waals surface area contributed by atoms with Crippen molar-refractivity contribution in [2.45, 2.75) is 25.8 Å². The number of nitrogens with zero attached hydrogens (tertiary/aromatic N) is 1. The molecule has 0 saturated carbocycles. The summed E-state index contributed by atoms with van der Waals surface area (Å²) in [5.41, 5.74) is -0.0622. The van der Waals surface area contributed by atoms with Crippen molar-refractivity contribution in [1.29, 1.82) is 5.26 Å². The lowest BCUT2D eigenvalue weighted by Crippen LogP contribution is -2.17. The summed E-state index contributed by atoms with van der Waals surface area (Å²) in [7, 11) is 0. The van der Waals surface area contributed by atoms with E-state index in [9.17, 15) is 8.78 Å². The summed E-state index contributed by atoms with van der Waals surface area (Å²) in [6.45, 7) is 0.903. The first-order valence-electron chi connectivity index (χ1n) is 5.88. The quantitative estimate of drug-likeness (QED) is 0.732. The van der Waals surface area contributed by atoms with E-state index in [0.717, 1.165) is 31.4 Å². The Morgan fingerprint density at radius 1 is 1.17 bits per heavy atom. The number of unbranched alkanes of at least 4 members (excludes halogenated alkanes) is 2. The van der Waals surface area contributed by atoms with E-state index in [2.05, 4.69) is 5.32 Å². The van der Waals surface area contributed by atoms with Crippen LogP contribution in [0.4, 0.5) is 8.78 Å². The average Bonchev–Trinajstić information content (AvgIpc) is 2.35. The van der Waals surface area contributed by atoms with Crippen LogP contribution in [0.2, 0.25) is 0 Å². The van der Waals surface area contributed by atoms with Gasteiger partial charge in [-0.1, -0.05) is 0 Å². The van der Waals surface area contributed by atoms with E-state index in [1.165, 1.54) is 0 Å². The highest BCUT2D eigenvalue weighted by Gasteiger charge is 2.10. The van der Waals surface area contributed by atoms with E-state index in [-0.39, 0.29) is 24.3 Å². The van der Waals surface area contributed by atoms with E-state index in [1.54, 1.807) is 6.07 Å². The number of rotatable bonds is 7. The number of halogens is 2. The molecule has 3 nitrogen and oxygen atoms in total. The zero-order valence-corrected chi connectivity index (χ0v) is 10.0. The van der Waals surface area contributed by atoms with Gasteiger partial charge >= 0.3 is 0 Å². The lowest BCUT2D eigenvalue weighted by molar-refractivity contribution is 0.283. The van der Waals surface area contributed by atoms with Crippen LogP contribution in [0.5, 0.6) is 0 Å². The molecule has 0 unspecified atom stereocenters. The minimum Gasteiger partial charge on any atom is -0.396 e. The molecule has 0 saturated heterocycles. The molecule has 0 heterocycles. The molecule has 0 amide bonds. The largest absolute Gasteiger partial charge is 0.396 e. The standard InChI is InChI=1S/C13H16F2N2O/c14-12-6-10(8-16)7-13(15)11(12)9-17-4-2-1-3-5-18/h6-7,17-18H,1-5,9H2. The Kier molecular flexibility index (Phi) is 6.26. The third kappa shape index (κ3) is 4.40. The van der Waals surface area contributed by atoms with Crippen LogP contribution in [0.3, 0.4) is 0 Å². The van der Waals surface area contributed by atoms with Crippen molar-refractivity contribution < 1.29 is 13.9 Å². The molecule has 0 bridgehead atoms. The molecule has 0 aliphatic rings. The van der Waals surface area contributed by atoms with Crippen LogP contribution in [0.1, 0.15) is 30.4 Å². The maximum absolute atomic E-state index is 13.5. The van der Waals surface area contributed by atoms with Crippen LogP contribution < -0.4 is 5.32 Å². The molecular formula is C13H16F2N2O. The average molecular weight is 254 g/mol. The fraction of sp³-hybridized carbons (Fsp3) is 0.462. The first kappa shape index (κ1) is 14.6. The first-order chi connectivity index (χ1) is 8.69. The van der Waals surface area contributed by atoms with Crippen LogP contribution in [0.15, 0.2) is 12.1 Å². The van der Waals surface area contributed by atoms with Gasteiger partial charge in [-0.2, -0.15) is 5.26 Å². The number of hydrogen-bond acceptors (Lipinski definition) is 3. The molecule has 0 atom stereocenters. The maximum Gasteiger partial charge on any atom is 0.131 e. The predicted molar refractivity (Wildman–Crippen MR) is 63.7 cm³/mol. The first-order valence-corrected chi connectivity index (χ1v) is 5.88.